The SMILES string of the molecule is CC(C)SCc1cccc(Br)c1. The predicted octanol–water partition coefficient (Wildman–Crippen LogP) is 4.09. The Morgan fingerprint density at radius 1 is 1.42 bits per heavy atom. The number of halogens is 1. The molecule has 0 aliphatic carbocycles. The molecular weight excluding hydrogens is 232 g/mol. The van der Waals surface area contributed by atoms with Gasteiger partial charge in [-0.1, -0.05) is 41.9 Å². The first-order valence-corrected chi connectivity index (χ1v) is 5.88. The van der Waals surface area contributed by atoms with Crippen molar-refractivity contribution in [3.63, 3.8) is 0 Å². The zero-order chi connectivity index (χ0) is 8.97. The highest BCUT2D eigenvalue weighted by Crippen LogP contribution is 2.19. The van der Waals surface area contributed by atoms with E-state index in [4.69, 9.17) is 0 Å². The Morgan fingerprint density at radius 3 is 2.75 bits per heavy atom. The number of hydrogen-bond donors (Lipinski definition) is 0. The first kappa shape index (κ1) is 10.1. The van der Waals surface area contributed by atoms with E-state index in [0.29, 0.717) is 5.25 Å². The van der Waals surface area contributed by atoms with Crippen molar-refractivity contribution in [3.8, 4) is 0 Å². The third-order valence-corrected chi connectivity index (χ3v) is 3.13. The summed E-state index contributed by atoms with van der Waals surface area (Å²) in [6.45, 7) is 4.45. The van der Waals surface area contributed by atoms with E-state index in [2.05, 4.69) is 54.0 Å². The summed E-state index contributed by atoms with van der Waals surface area (Å²) in [6.07, 6.45) is 0. The van der Waals surface area contributed by atoms with Crippen LogP contribution in [0, 0.1) is 0 Å². The molecule has 0 saturated heterocycles. The number of hydrogen-bond acceptors (Lipinski definition) is 1. The van der Waals surface area contributed by atoms with E-state index in [9.17, 15) is 0 Å². The van der Waals surface area contributed by atoms with Crippen molar-refractivity contribution in [1.82, 2.24) is 0 Å². The predicted molar refractivity (Wildman–Crippen MR) is 60.6 cm³/mol. The molecule has 0 radical (unpaired) electrons. The molecule has 1 aromatic rings. The van der Waals surface area contributed by atoms with Crippen LogP contribution in [0.1, 0.15) is 19.4 Å². The minimum absolute atomic E-state index is 0.712. The highest BCUT2D eigenvalue weighted by atomic mass is 79.9. The summed E-state index contributed by atoms with van der Waals surface area (Å²) in [4.78, 5) is 0. The van der Waals surface area contributed by atoms with Crippen LogP contribution in [0.5, 0.6) is 0 Å². The van der Waals surface area contributed by atoms with Crippen molar-refractivity contribution in [3.05, 3.63) is 34.3 Å². The van der Waals surface area contributed by atoms with Crippen molar-refractivity contribution >= 4 is 27.7 Å². The van der Waals surface area contributed by atoms with Crippen LogP contribution < -0.4 is 0 Å². The fourth-order valence-electron chi connectivity index (χ4n) is 0.890. The molecule has 0 nitrogen and oxygen atoms in total. The maximum Gasteiger partial charge on any atom is 0.0187 e. The van der Waals surface area contributed by atoms with Gasteiger partial charge in [-0.25, -0.2) is 0 Å². The molecule has 12 heavy (non-hydrogen) atoms. The maximum atomic E-state index is 3.46. The van der Waals surface area contributed by atoms with E-state index in [-0.39, 0.29) is 0 Å². The minimum atomic E-state index is 0.712. The second-order valence-electron chi connectivity index (χ2n) is 2.99. The van der Waals surface area contributed by atoms with Crippen LogP contribution >= 0.6 is 27.7 Å². The summed E-state index contributed by atoms with van der Waals surface area (Å²) in [6, 6.07) is 8.49. The quantitative estimate of drug-likeness (QED) is 0.772. The lowest BCUT2D eigenvalue weighted by Crippen LogP contribution is -1.88. The van der Waals surface area contributed by atoms with E-state index < -0.39 is 0 Å². The lowest BCUT2D eigenvalue weighted by Gasteiger charge is -2.04. The van der Waals surface area contributed by atoms with Gasteiger partial charge in [-0.05, 0) is 22.9 Å². The summed E-state index contributed by atoms with van der Waals surface area (Å²) >= 11 is 5.43. The normalized spacial score (nSPS) is 10.7. The lowest BCUT2D eigenvalue weighted by atomic mass is 10.2. The van der Waals surface area contributed by atoms with E-state index in [1.807, 2.05) is 11.8 Å². The second-order valence-corrected chi connectivity index (χ2v) is 5.47. The zero-order valence-corrected chi connectivity index (χ0v) is 9.78. The molecule has 0 fully saturated rings. The summed E-state index contributed by atoms with van der Waals surface area (Å²) in [5.74, 6) is 1.11. The van der Waals surface area contributed by atoms with Crippen LogP contribution in [0.4, 0.5) is 0 Å². The Bertz CT molecular complexity index is 245. The summed E-state index contributed by atoms with van der Waals surface area (Å²) in [7, 11) is 0. The minimum Gasteiger partial charge on any atom is -0.154 e. The average Bonchev–Trinajstić information content (AvgIpc) is 2.01. The van der Waals surface area contributed by atoms with E-state index >= 15 is 0 Å². The highest BCUT2D eigenvalue weighted by molar-refractivity contribution is 9.10. The Hall–Kier alpha value is 0.0500. The van der Waals surface area contributed by atoms with Crippen molar-refractivity contribution in [2.75, 3.05) is 0 Å². The van der Waals surface area contributed by atoms with Crippen LogP contribution in [-0.2, 0) is 5.75 Å². The van der Waals surface area contributed by atoms with Gasteiger partial charge in [0, 0.05) is 10.2 Å². The van der Waals surface area contributed by atoms with Crippen LogP contribution in [0.3, 0.4) is 0 Å². The van der Waals surface area contributed by atoms with Crippen LogP contribution in [-0.4, -0.2) is 5.25 Å². The average molecular weight is 245 g/mol. The molecule has 0 unspecified atom stereocenters. The Morgan fingerprint density at radius 2 is 2.17 bits per heavy atom. The number of rotatable bonds is 3. The summed E-state index contributed by atoms with van der Waals surface area (Å²) in [5.41, 5.74) is 1.39. The first-order valence-electron chi connectivity index (χ1n) is 4.04. The molecule has 2 heteroatoms. The van der Waals surface area contributed by atoms with Gasteiger partial charge in [0.15, 0.2) is 0 Å². The topological polar surface area (TPSA) is 0 Å². The molecular formula is C10H13BrS. The Balaban J connectivity index is 2.52. The van der Waals surface area contributed by atoms with Gasteiger partial charge < -0.3 is 0 Å². The molecule has 0 atom stereocenters. The van der Waals surface area contributed by atoms with Gasteiger partial charge in [-0.15, -0.1) is 0 Å². The van der Waals surface area contributed by atoms with Gasteiger partial charge >= 0.3 is 0 Å². The van der Waals surface area contributed by atoms with Crippen molar-refractivity contribution in [2.24, 2.45) is 0 Å². The number of benzene rings is 1. The van der Waals surface area contributed by atoms with Crippen LogP contribution in [0.25, 0.3) is 0 Å². The lowest BCUT2D eigenvalue weighted by molar-refractivity contribution is 1.11. The monoisotopic (exact) mass is 244 g/mol. The molecule has 1 rings (SSSR count). The van der Waals surface area contributed by atoms with Gasteiger partial charge in [0.05, 0.1) is 0 Å². The molecule has 0 aromatic heterocycles. The smallest absolute Gasteiger partial charge is 0.0187 e. The maximum absolute atomic E-state index is 3.46. The molecule has 0 saturated carbocycles. The molecule has 0 aliphatic heterocycles. The van der Waals surface area contributed by atoms with Crippen molar-refractivity contribution < 1.29 is 0 Å². The number of thioether (sulfide) groups is 1. The fraction of sp³-hybridized carbons (Fsp3) is 0.400. The van der Waals surface area contributed by atoms with Gasteiger partial charge in [0.25, 0.3) is 0 Å². The molecule has 0 aliphatic rings. The molecule has 0 amide bonds. The summed E-state index contributed by atoms with van der Waals surface area (Å²) in [5, 5.41) is 0.712. The molecule has 0 N–H and O–H groups in total. The van der Waals surface area contributed by atoms with Gasteiger partial charge in [-0.3, -0.25) is 0 Å². The molecule has 66 valence electrons. The standard InChI is InChI=1S/C10H13BrS/c1-8(2)12-7-9-4-3-5-10(11)6-9/h3-6,8H,7H2,1-2H3. The molecule has 0 bridgehead atoms. The summed E-state index contributed by atoms with van der Waals surface area (Å²) < 4.78 is 1.17. The van der Waals surface area contributed by atoms with Crippen LogP contribution in [0.2, 0.25) is 0 Å². The fourth-order valence-corrected chi connectivity index (χ4v) is 2.04. The Labute approximate surface area is 86.9 Å². The first-order chi connectivity index (χ1) is 5.68. The van der Waals surface area contributed by atoms with E-state index in [0.717, 1.165) is 5.75 Å². The molecule has 1 aromatic carbocycles. The Kier molecular flexibility index (Phi) is 4.16. The van der Waals surface area contributed by atoms with Gasteiger partial charge in [-0.2, -0.15) is 11.8 Å². The van der Waals surface area contributed by atoms with Gasteiger partial charge in [0.2, 0.25) is 0 Å². The van der Waals surface area contributed by atoms with Crippen LogP contribution in [0.15, 0.2) is 28.7 Å². The third-order valence-electron chi connectivity index (χ3n) is 1.47. The zero-order valence-electron chi connectivity index (χ0n) is 7.38. The second kappa shape index (κ2) is 4.93. The van der Waals surface area contributed by atoms with Gasteiger partial charge in [0.1, 0.15) is 0 Å². The van der Waals surface area contributed by atoms with E-state index in [1.165, 1.54) is 10.0 Å². The third kappa shape index (κ3) is 3.63. The van der Waals surface area contributed by atoms with E-state index in [1.54, 1.807) is 0 Å². The molecule has 0 spiro atoms. The molecule has 0 heterocycles. The van der Waals surface area contributed by atoms with Crippen molar-refractivity contribution in [2.45, 2.75) is 24.9 Å². The highest BCUT2D eigenvalue weighted by Gasteiger charge is 1.96. The van der Waals surface area contributed by atoms with Crippen molar-refractivity contribution in [1.29, 1.82) is 0 Å². The largest absolute Gasteiger partial charge is 0.154 e.